The minimum atomic E-state index is -0.649. The normalized spacial score (nSPS) is 33.4. The molecule has 5 aliphatic carbocycles. The number of esters is 2. The van der Waals surface area contributed by atoms with Crippen LogP contribution in [-0.2, 0) is 19.1 Å². The van der Waals surface area contributed by atoms with Gasteiger partial charge in [0, 0.05) is 17.1 Å². The van der Waals surface area contributed by atoms with Gasteiger partial charge in [0.05, 0.1) is 11.0 Å². The first-order chi connectivity index (χ1) is 19.5. The van der Waals surface area contributed by atoms with Gasteiger partial charge in [-0.05, 0) is 98.1 Å². The molecule has 2 bridgehead atoms. The molecule has 210 valence electrons. The van der Waals surface area contributed by atoms with Gasteiger partial charge in [-0.25, -0.2) is 9.59 Å². The molecule has 2 aliphatic heterocycles. The lowest BCUT2D eigenvalue weighted by Gasteiger charge is -2.56. The second kappa shape index (κ2) is 10.1. The van der Waals surface area contributed by atoms with Crippen LogP contribution in [0.2, 0.25) is 0 Å². The summed E-state index contributed by atoms with van der Waals surface area (Å²) in [6, 6.07) is 7.29. The summed E-state index contributed by atoms with van der Waals surface area (Å²) in [4.78, 5) is 27.4. The van der Waals surface area contributed by atoms with E-state index in [1.165, 1.54) is 32.1 Å². The number of unbranched alkanes of at least 4 members (excludes halogenated alkanes) is 1. The van der Waals surface area contributed by atoms with Gasteiger partial charge in [-0.2, -0.15) is 0 Å². The fourth-order valence-electron chi connectivity index (χ4n) is 9.15. The molecule has 0 amide bonds. The minimum absolute atomic E-state index is 0.114. The number of ether oxygens (including phenoxy) is 2. The van der Waals surface area contributed by atoms with Crippen molar-refractivity contribution in [3.63, 3.8) is 0 Å². The maximum absolute atomic E-state index is 13.7. The van der Waals surface area contributed by atoms with Crippen molar-refractivity contribution in [1.29, 1.82) is 0 Å². The summed E-state index contributed by atoms with van der Waals surface area (Å²) in [7, 11) is 0. The number of cyclic esters (lactones) is 2. The molecule has 2 heterocycles. The third-order valence-corrected chi connectivity index (χ3v) is 10.7. The smallest absolute Gasteiger partial charge is 0.340 e. The molecule has 3 fully saturated rings. The quantitative estimate of drug-likeness (QED) is 0.371. The van der Waals surface area contributed by atoms with E-state index >= 15 is 0 Å². The highest BCUT2D eigenvalue weighted by atomic mass is 16.5. The number of rotatable bonds is 6. The third-order valence-electron chi connectivity index (χ3n) is 10.7. The summed E-state index contributed by atoms with van der Waals surface area (Å²) in [5, 5.41) is 10.3. The zero-order valence-corrected chi connectivity index (χ0v) is 23.5. The van der Waals surface area contributed by atoms with E-state index in [2.05, 4.69) is 19.1 Å². The number of carbonyl (C=O) groups excluding carboxylic acids is 2. The Balaban J connectivity index is 1.33. The van der Waals surface area contributed by atoms with Gasteiger partial charge >= 0.3 is 11.9 Å². The molecule has 4 unspecified atom stereocenters. The van der Waals surface area contributed by atoms with Crippen molar-refractivity contribution >= 4 is 17.5 Å². The Hall–Kier alpha value is -3.08. The Labute approximate surface area is 237 Å². The molecule has 1 aromatic carbocycles. The van der Waals surface area contributed by atoms with E-state index in [0.29, 0.717) is 5.57 Å². The molecule has 1 saturated heterocycles. The standard InChI is InChI=1S/C35H40O5/c1-2-3-15-28-35-19-18-24(29(32(35)34(38)40-28)22-12-8-13-23(36)20-22)25-16-17-26-27(39-33(37)30(26)31(25)35)14-7-11-21-9-5-4-6-10-21/h8,12-15,20-21,24-25,31,36H,2-7,9-11,16-19H2,1H3. The van der Waals surface area contributed by atoms with E-state index in [0.717, 1.165) is 91.1 Å². The molecular formula is C35H40O5. The number of benzene rings is 1. The molecule has 8 rings (SSSR count). The maximum atomic E-state index is 13.7. The number of carbonyl (C=O) groups is 2. The summed E-state index contributed by atoms with van der Waals surface area (Å²) in [5.41, 5.74) is 3.86. The van der Waals surface area contributed by atoms with Crippen LogP contribution >= 0.6 is 0 Å². The largest absolute Gasteiger partial charge is 0.508 e. The van der Waals surface area contributed by atoms with E-state index in [1.54, 1.807) is 12.1 Å². The van der Waals surface area contributed by atoms with Crippen LogP contribution in [0.3, 0.4) is 0 Å². The van der Waals surface area contributed by atoms with Crippen molar-refractivity contribution in [2.75, 3.05) is 0 Å². The molecule has 2 saturated carbocycles. The van der Waals surface area contributed by atoms with E-state index in [-0.39, 0.29) is 35.4 Å². The molecule has 7 aliphatic rings. The molecule has 0 radical (unpaired) electrons. The lowest BCUT2D eigenvalue weighted by atomic mass is 9.44. The van der Waals surface area contributed by atoms with Crippen LogP contribution in [0.15, 0.2) is 64.7 Å². The van der Waals surface area contributed by atoms with Crippen LogP contribution in [0.4, 0.5) is 0 Å². The average molecular weight is 541 g/mol. The lowest BCUT2D eigenvalue weighted by molar-refractivity contribution is -0.135. The van der Waals surface area contributed by atoms with E-state index < -0.39 is 5.41 Å². The van der Waals surface area contributed by atoms with Crippen LogP contribution in [0.1, 0.15) is 96.0 Å². The number of hydrogen-bond acceptors (Lipinski definition) is 5. The van der Waals surface area contributed by atoms with Crippen molar-refractivity contribution in [3.05, 3.63) is 70.2 Å². The van der Waals surface area contributed by atoms with Gasteiger partial charge in [0.25, 0.3) is 0 Å². The summed E-state index contributed by atoms with van der Waals surface area (Å²) >= 11 is 0. The number of phenolic OH excluding ortho intramolecular Hbond substituents is 1. The van der Waals surface area contributed by atoms with Crippen molar-refractivity contribution in [3.8, 4) is 5.75 Å². The van der Waals surface area contributed by atoms with Gasteiger partial charge in [0.1, 0.15) is 17.3 Å². The molecule has 0 aromatic heterocycles. The predicted molar refractivity (Wildman–Crippen MR) is 152 cm³/mol. The Morgan fingerprint density at radius 1 is 0.975 bits per heavy atom. The number of allylic oxidation sites excluding steroid dienone is 5. The lowest BCUT2D eigenvalue weighted by Crippen LogP contribution is -2.52. The molecule has 5 nitrogen and oxygen atoms in total. The summed E-state index contributed by atoms with van der Waals surface area (Å²) in [6.07, 6.45) is 18.4. The monoisotopic (exact) mass is 540 g/mol. The van der Waals surface area contributed by atoms with E-state index in [4.69, 9.17) is 9.47 Å². The summed E-state index contributed by atoms with van der Waals surface area (Å²) in [5.74, 6) is 2.24. The molecule has 5 heteroatoms. The average Bonchev–Trinajstić information content (AvgIpc) is 3.45. The fourth-order valence-corrected chi connectivity index (χ4v) is 9.15. The van der Waals surface area contributed by atoms with Crippen LogP contribution in [0.5, 0.6) is 5.75 Å². The first-order valence-corrected chi connectivity index (χ1v) is 15.7. The highest BCUT2D eigenvalue weighted by Gasteiger charge is 2.68. The highest BCUT2D eigenvalue weighted by Crippen LogP contribution is 2.71. The minimum Gasteiger partial charge on any atom is -0.508 e. The van der Waals surface area contributed by atoms with Crippen molar-refractivity contribution in [2.45, 2.75) is 90.4 Å². The topological polar surface area (TPSA) is 72.8 Å². The zero-order chi connectivity index (χ0) is 27.4. The Morgan fingerprint density at radius 3 is 2.62 bits per heavy atom. The number of fused-ring (bicyclic) bond motifs is 1. The van der Waals surface area contributed by atoms with Gasteiger partial charge in [-0.1, -0.05) is 57.6 Å². The van der Waals surface area contributed by atoms with Crippen molar-refractivity contribution in [2.24, 2.45) is 29.1 Å². The fraction of sp³-hybridized carbons (Fsp3) is 0.543. The van der Waals surface area contributed by atoms with Crippen LogP contribution in [0, 0.1) is 29.1 Å². The second-order valence-electron chi connectivity index (χ2n) is 12.8. The summed E-state index contributed by atoms with van der Waals surface area (Å²) in [6.45, 7) is 2.13. The Kier molecular flexibility index (Phi) is 6.52. The molecule has 1 aromatic rings. The Morgan fingerprint density at radius 2 is 1.82 bits per heavy atom. The number of aromatic hydroxyl groups is 1. The maximum Gasteiger partial charge on any atom is 0.340 e. The molecule has 1 spiro atoms. The molecule has 40 heavy (non-hydrogen) atoms. The van der Waals surface area contributed by atoms with E-state index in [9.17, 15) is 14.7 Å². The number of hydrogen-bond donors (Lipinski definition) is 1. The Bertz CT molecular complexity index is 1370. The van der Waals surface area contributed by atoms with Gasteiger partial charge in [0.2, 0.25) is 0 Å². The van der Waals surface area contributed by atoms with E-state index in [1.807, 2.05) is 12.1 Å². The zero-order valence-electron chi connectivity index (χ0n) is 23.5. The van der Waals surface area contributed by atoms with Crippen LogP contribution < -0.4 is 0 Å². The van der Waals surface area contributed by atoms with Crippen LogP contribution in [-0.4, -0.2) is 17.0 Å². The first kappa shape index (κ1) is 25.9. The van der Waals surface area contributed by atoms with Crippen LogP contribution in [0.25, 0.3) is 5.57 Å². The van der Waals surface area contributed by atoms with Gasteiger partial charge in [-0.15, -0.1) is 0 Å². The van der Waals surface area contributed by atoms with Gasteiger partial charge in [0.15, 0.2) is 0 Å². The van der Waals surface area contributed by atoms with Crippen molar-refractivity contribution in [1.82, 2.24) is 0 Å². The summed E-state index contributed by atoms with van der Waals surface area (Å²) < 4.78 is 12.1. The highest BCUT2D eigenvalue weighted by molar-refractivity contribution is 6.06. The second-order valence-corrected chi connectivity index (χ2v) is 12.8. The molecular weight excluding hydrogens is 500 g/mol. The number of phenols is 1. The SMILES string of the molecule is CCCC=C1OC(=O)C2=C(c3cccc(O)c3)C3CCC12C1C2=C(CCC31)C(=CCCC1CCCCC1)OC2=O. The molecule has 1 N–H and O–H groups in total. The third kappa shape index (κ3) is 3.87. The van der Waals surface area contributed by atoms with Crippen molar-refractivity contribution < 1.29 is 24.2 Å². The van der Waals surface area contributed by atoms with Gasteiger partial charge in [-0.3, -0.25) is 0 Å². The first-order valence-electron chi connectivity index (χ1n) is 15.7. The molecule has 4 atom stereocenters. The van der Waals surface area contributed by atoms with Gasteiger partial charge < -0.3 is 14.6 Å². The predicted octanol–water partition coefficient (Wildman–Crippen LogP) is 7.92.